The summed E-state index contributed by atoms with van der Waals surface area (Å²) in [5.74, 6) is -1.59. The first kappa shape index (κ1) is 17.7. The van der Waals surface area contributed by atoms with Crippen LogP contribution in [0.5, 0.6) is 5.75 Å². The molecular formula is C14H15F3N4O3. The number of fused-ring (bicyclic) bond motifs is 1. The van der Waals surface area contributed by atoms with E-state index in [1.807, 2.05) is 0 Å². The minimum atomic E-state index is -4.73. The molecule has 1 aromatic heterocycles. The van der Waals surface area contributed by atoms with Crippen LogP contribution in [0.25, 0.3) is 10.9 Å². The number of hydrogen-bond donors (Lipinski definition) is 2. The predicted octanol–water partition coefficient (Wildman–Crippen LogP) is 2.14. The van der Waals surface area contributed by atoms with Crippen LogP contribution < -0.4 is 15.6 Å². The highest BCUT2D eigenvalue weighted by Gasteiger charge is 2.35. The number of halogens is 3. The lowest BCUT2D eigenvalue weighted by molar-refractivity contribution is -0.144. The van der Waals surface area contributed by atoms with Gasteiger partial charge in [-0.25, -0.2) is 9.97 Å². The van der Waals surface area contributed by atoms with E-state index in [2.05, 4.69) is 20.8 Å². The smallest absolute Gasteiger partial charge is 0.451 e. The number of hydrogen-bond acceptors (Lipinski definition) is 6. The Morgan fingerprint density at radius 2 is 2.00 bits per heavy atom. The summed E-state index contributed by atoms with van der Waals surface area (Å²) in [5, 5.41) is 0.302. The molecule has 24 heavy (non-hydrogen) atoms. The van der Waals surface area contributed by atoms with E-state index < -0.39 is 17.9 Å². The summed E-state index contributed by atoms with van der Waals surface area (Å²) in [6.45, 7) is 0.184. The Kier molecular flexibility index (Phi) is 5.39. The van der Waals surface area contributed by atoms with Gasteiger partial charge in [0.1, 0.15) is 5.75 Å². The molecule has 10 heteroatoms. The standard InChI is InChI=1S/C14H15F3N4O3/c1-23-6-5-11(22)20-21-12-9-4-3-8(24-2)7-10(9)18-13(19-12)14(15,16)17/h3-4,7H,5-6H2,1-2H3,(H,20,22)(H,18,19,21). The fraction of sp³-hybridized carbons (Fsp3) is 0.357. The van der Waals surface area contributed by atoms with Gasteiger partial charge in [0.05, 0.1) is 25.7 Å². The first-order chi connectivity index (χ1) is 11.3. The lowest BCUT2D eigenvalue weighted by Gasteiger charge is -2.13. The van der Waals surface area contributed by atoms with Crippen LogP contribution >= 0.6 is 0 Å². The minimum absolute atomic E-state index is 0.0327. The first-order valence-corrected chi connectivity index (χ1v) is 6.82. The van der Waals surface area contributed by atoms with Gasteiger partial charge in [-0.15, -0.1) is 0 Å². The topological polar surface area (TPSA) is 85.4 Å². The molecule has 0 saturated heterocycles. The number of hydrazine groups is 1. The summed E-state index contributed by atoms with van der Waals surface area (Å²) in [7, 11) is 2.82. The molecule has 0 bridgehead atoms. The molecule has 7 nitrogen and oxygen atoms in total. The number of ether oxygens (including phenoxy) is 2. The SMILES string of the molecule is COCCC(=O)NNc1nc(C(F)(F)F)nc2cc(OC)ccc12. The third-order valence-electron chi connectivity index (χ3n) is 3.01. The molecule has 2 N–H and O–H groups in total. The number of rotatable bonds is 6. The van der Waals surface area contributed by atoms with Gasteiger partial charge in [0.15, 0.2) is 5.82 Å². The Hall–Kier alpha value is -2.62. The number of alkyl halides is 3. The maximum Gasteiger partial charge on any atom is 0.451 e. The van der Waals surface area contributed by atoms with Gasteiger partial charge in [0.2, 0.25) is 11.7 Å². The van der Waals surface area contributed by atoms with Crippen molar-refractivity contribution >= 4 is 22.6 Å². The third kappa shape index (κ3) is 4.22. The average Bonchev–Trinajstić information content (AvgIpc) is 2.56. The Morgan fingerprint density at radius 1 is 1.25 bits per heavy atom. The van der Waals surface area contributed by atoms with E-state index in [-0.39, 0.29) is 24.4 Å². The predicted molar refractivity (Wildman–Crippen MR) is 79.4 cm³/mol. The van der Waals surface area contributed by atoms with E-state index in [4.69, 9.17) is 9.47 Å². The number of carbonyl (C=O) groups is 1. The number of aromatic nitrogens is 2. The van der Waals surface area contributed by atoms with Crippen LogP contribution in [0.1, 0.15) is 12.2 Å². The monoisotopic (exact) mass is 344 g/mol. The van der Waals surface area contributed by atoms with Crippen molar-refractivity contribution in [3.05, 3.63) is 24.0 Å². The second-order valence-corrected chi connectivity index (χ2v) is 4.69. The molecule has 130 valence electrons. The molecule has 0 spiro atoms. The Balaban J connectivity index is 2.37. The van der Waals surface area contributed by atoms with Gasteiger partial charge in [0, 0.05) is 18.6 Å². The summed E-state index contributed by atoms with van der Waals surface area (Å²) >= 11 is 0. The first-order valence-electron chi connectivity index (χ1n) is 6.82. The Labute approximate surface area is 135 Å². The lowest BCUT2D eigenvalue weighted by Crippen LogP contribution is -2.31. The fourth-order valence-electron chi connectivity index (χ4n) is 1.84. The van der Waals surface area contributed by atoms with Crippen LogP contribution in [0.4, 0.5) is 19.0 Å². The molecule has 0 atom stereocenters. The van der Waals surface area contributed by atoms with Crippen molar-refractivity contribution in [2.24, 2.45) is 0 Å². The maximum absolute atomic E-state index is 13.0. The molecule has 0 aliphatic heterocycles. The molecule has 0 radical (unpaired) electrons. The molecule has 0 aliphatic rings. The fourth-order valence-corrected chi connectivity index (χ4v) is 1.84. The van der Waals surface area contributed by atoms with Crippen LogP contribution in [0, 0.1) is 0 Å². The molecular weight excluding hydrogens is 329 g/mol. The van der Waals surface area contributed by atoms with Crippen molar-refractivity contribution < 1.29 is 27.4 Å². The third-order valence-corrected chi connectivity index (χ3v) is 3.01. The molecule has 0 fully saturated rings. The quantitative estimate of drug-likeness (QED) is 0.781. The molecule has 1 amide bonds. The summed E-state index contributed by atoms with van der Waals surface area (Å²) in [6, 6.07) is 4.40. The van der Waals surface area contributed by atoms with Crippen LogP contribution in [0.15, 0.2) is 18.2 Å². The number of benzene rings is 1. The van der Waals surface area contributed by atoms with Crippen LogP contribution in [0.2, 0.25) is 0 Å². The number of methoxy groups -OCH3 is 2. The van der Waals surface area contributed by atoms with Crippen molar-refractivity contribution in [2.75, 3.05) is 26.3 Å². The number of anilines is 1. The van der Waals surface area contributed by atoms with Crippen molar-refractivity contribution in [2.45, 2.75) is 12.6 Å². The number of nitrogens with zero attached hydrogens (tertiary/aromatic N) is 2. The summed E-state index contributed by atoms with van der Waals surface area (Å²) in [6.07, 6.45) is -4.68. The normalized spacial score (nSPS) is 11.4. The van der Waals surface area contributed by atoms with Gasteiger partial charge >= 0.3 is 6.18 Å². The van der Waals surface area contributed by atoms with E-state index in [1.165, 1.54) is 26.4 Å². The van der Waals surface area contributed by atoms with Crippen molar-refractivity contribution in [3.63, 3.8) is 0 Å². The average molecular weight is 344 g/mol. The van der Waals surface area contributed by atoms with Crippen molar-refractivity contribution in [3.8, 4) is 5.75 Å². The number of carbonyl (C=O) groups excluding carboxylic acids is 1. The van der Waals surface area contributed by atoms with Gasteiger partial charge in [-0.3, -0.25) is 15.6 Å². The largest absolute Gasteiger partial charge is 0.497 e. The van der Waals surface area contributed by atoms with Gasteiger partial charge in [0.25, 0.3) is 0 Å². The van der Waals surface area contributed by atoms with Gasteiger partial charge in [-0.05, 0) is 12.1 Å². The Bertz CT molecular complexity index is 737. The second kappa shape index (κ2) is 7.30. The molecule has 0 saturated carbocycles. The van der Waals surface area contributed by atoms with E-state index in [9.17, 15) is 18.0 Å². The maximum atomic E-state index is 13.0. The molecule has 1 heterocycles. The van der Waals surface area contributed by atoms with E-state index in [0.717, 1.165) is 0 Å². The zero-order chi connectivity index (χ0) is 17.7. The van der Waals surface area contributed by atoms with Crippen LogP contribution in [-0.4, -0.2) is 36.7 Å². The molecule has 2 aromatic rings. The lowest BCUT2D eigenvalue weighted by atomic mass is 10.2. The van der Waals surface area contributed by atoms with Gasteiger partial charge in [-0.1, -0.05) is 0 Å². The molecule has 1 aromatic carbocycles. The van der Waals surface area contributed by atoms with Crippen molar-refractivity contribution in [1.29, 1.82) is 0 Å². The molecule has 2 rings (SSSR count). The van der Waals surface area contributed by atoms with Crippen LogP contribution in [0.3, 0.4) is 0 Å². The summed E-state index contributed by atoms with van der Waals surface area (Å²) in [5.41, 5.74) is 4.71. The number of nitrogens with one attached hydrogen (secondary N) is 2. The van der Waals surface area contributed by atoms with E-state index in [0.29, 0.717) is 11.1 Å². The highest BCUT2D eigenvalue weighted by molar-refractivity contribution is 5.91. The van der Waals surface area contributed by atoms with E-state index >= 15 is 0 Å². The van der Waals surface area contributed by atoms with Gasteiger partial charge < -0.3 is 9.47 Å². The molecule has 0 aliphatic carbocycles. The molecule has 0 unspecified atom stereocenters. The zero-order valence-corrected chi connectivity index (χ0v) is 12.9. The van der Waals surface area contributed by atoms with E-state index in [1.54, 1.807) is 6.07 Å². The summed E-state index contributed by atoms with van der Waals surface area (Å²) < 4.78 is 48.6. The van der Waals surface area contributed by atoms with Crippen LogP contribution in [-0.2, 0) is 15.7 Å². The highest BCUT2D eigenvalue weighted by atomic mass is 19.4. The second-order valence-electron chi connectivity index (χ2n) is 4.69. The minimum Gasteiger partial charge on any atom is -0.497 e. The highest BCUT2D eigenvalue weighted by Crippen LogP contribution is 2.31. The van der Waals surface area contributed by atoms with Gasteiger partial charge in [-0.2, -0.15) is 13.2 Å². The number of amides is 1. The Morgan fingerprint density at radius 3 is 2.62 bits per heavy atom. The summed E-state index contributed by atoms with van der Waals surface area (Å²) in [4.78, 5) is 18.5. The van der Waals surface area contributed by atoms with Crippen molar-refractivity contribution in [1.82, 2.24) is 15.4 Å². The zero-order valence-electron chi connectivity index (χ0n) is 12.9.